The zero-order chi connectivity index (χ0) is 25.0. The van der Waals surface area contributed by atoms with Crippen LogP contribution in [0.4, 0.5) is 0 Å². The van der Waals surface area contributed by atoms with Crippen molar-refractivity contribution in [1.29, 1.82) is 0 Å². The molecule has 0 rings (SSSR count). The molecular formula is C18H32N6O7S. The molecule has 182 valence electrons. The number of carbonyl (C=O) groups is 6. The second-order valence-corrected chi connectivity index (χ2v) is 7.98. The summed E-state index contributed by atoms with van der Waals surface area (Å²) in [6, 6.07) is -5.03. The minimum atomic E-state index is -1.60. The molecule has 14 heteroatoms. The number of carbonyl (C=O) groups excluding carboxylic acids is 5. The third-order valence-electron chi connectivity index (χ3n) is 4.21. The second-order valence-electron chi connectivity index (χ2n) is 7.62. The van der Waals surface area contributed by atoms with Crippen molar-refractivity contribution in [2.24, 2.45) is 23.1 Å². The molecule has 5 amide bonds. The van der Waals surface area contributed by atoms with Crippen LogP contribution in [0, 0.1) is 5.92 Å². The van der Waals surface area contributed by atoms with Gasteiger partial charge in [-0.1, -0.05) is 13.8 Å². The number of hydrogen-bond acceptors (Lipinski definition) is 8. The number of rotatable bonds is 15. The molecule has 0 aromatic carbocycles. The van der Waals surface area contributed by atoms with E-state index in [1.54, 1.807) is 0 Å². The average Bonchev–Trinajstić information content (AvgIpc) is 2.66. The number of nitrogens with one attached hydrogen (secondary N) is 3. The van der Waals surface area contributed by atoms with Gasteiger partial charge >= 0.3 is 5.97 Å². The summed E-state index contributed by atoms with van der Waals surface area (Å²) in [5, 5.41) is 16.0. The molecule has 4 unspecified atom stereocenters. The van der Waals surface area contributed by atoms with Crippen molar-refractivity contribution in [3.63, 3.8) is 0 Å². The van der Waals surface area contributed by atoms with Gasteiger partial charge in [0.05, 0.1) is 12.5 Å². The highest BCUT2D eigenvalue weighted by molar-refractivity contribution is 7.80. The highest BCUT2D eigenvalue weighted by Gasteiger charge is 2.30. The van der Waals surface area contributed by atoms with Gasteiger partial charge in [-0.05, 0) is 18.8 Å². The fraction of sp³-hybridized carbons (Fsp3) is 0.667. The molecule has 4 atom stereocenters. The lowest BCUT2D eigenvalue weighted by molar-refractivity contribution is -0.143. The number of carboxylic acid groups (broad SMARTS) is 1. The number of amides is 5. The van der Waals surface area contributed by atoms with Crippen molar-refractivity contribution in [2.75, 3.05) is 5.75 Å². The van der Waals surface area contributed by atoms with Crippen LogP contribution in [0.25, 0.3) is 0 Å². The largest absolute Gasteiger partial charge is 0.480 e. The fourth-order valence-corrected chi connectivity index (χ4v) is 2.85. The molecule has 0 spiro atoms. The van der Waals surface area contributed by atoms with E-state index in [4.69, 9.17) is 22.3 Å². The molecule has 0 aromatic rings. The number of carboxylic acids is 1. The van der Waals surface area contributed by atoms with Gasteiger partial charge in [0.2, 0.25) is 29.5 Å². The summed E-state index contributed by atoms with van der Waals surface area (Å²) in [6.07, 6.45) is -0.676. The molecule has 0 aliphatic heterocycles. The van der Waals surface area contributed by atoms with Gasteiger partial charge in [0, 0.05) is 12.2 Å². The predicted molar refractivity (Wildman–Crippen MR) is 117 cm³/mol. The Morgan fingerprint density at radius 1 is 0.844 bits per heavy atom. The number of hydrogen-bond donors (Lipinski definition) is 8. The van der Waals surface area contributed by atoms with Crippen molar-refractivity contribution >= 4 is 48.1 Å². The predicted octanol–water partition coefficient (Wildman–Crippen LogP) is -3.03. The minimum absolute atomic E-state index is 0.119. The molecular weight excluding hydrogens is 444 g/mol. The summed E-state index contributed by atoms with van der Waals surface area (Å²) in [4.78, 5) is 70.7. The molecule has 32 heavy (non-hydrogen) atoms. The summed E-state index contributed by atoms with van der Waals surface area (Å²) in [7, 11) is 0. The highest BCUT2D eigenvalue weighted by Crippen LogP contribution is 2.05. The Morgan fingerprint density at radius 3 is 1.78 bits per heavy atom. The Hall–Kier alpha value is -2.87. The van der Waals surface area contributed by atoms with Crippen LogP contribution in [-0.2, 0) is 28.8 Å². The van der Waals surface area contributed by atoms with Crippen LogP contribution in [-0.4, -0.2) is 70.5 Å². The van der Waals surface area contributed by atoms with Crippen molar-refractivity contribution < 1.29 is 33.9 Å². The van der Waals surface area contributed by atoms with E-state index < -0.39 is 66.1 Å². The molecule has 0 bridgehead atoms. The van der Waals surface area contributed by atoms with Gasteiger partial charge in [-0.2, -0.15) is 12.6 Å². The maximum atomic E-state index is 12.7. The Kier molecular flexibility index (Phi) is 13.0. The number of thiol groups is 1. The van der Waals surface area contributed by atoms with Crippen LogP contribution < -0.4 is 33.2 Å². The molecule has 13 nitrogen and oxygen atoms in total. The van der Waals surface area contributed by atoms with E-state index in [9.17, 15) is 28.8 Å². The van der Waals surface area contributed by atoms with Crippen molar-refractivity contribution in [1.82, 2.24) is 16.0 Å². The molecule has 0 aromatic heterocycles. The first kappa shape index (κ1) is 29.1. The van der Waals surface area contributed by atoms with Gasteiger partial charge in [-0.25, -0.2) is 4.79 Å². The van der Waals surface area contributed by atoms with E-state index in [0.29, 0.717) is 6.42 Å². The van der Waals surface area contributed by atoms with Gasteiger partial charge in [-0.3, -0.25) is 24.0 Å². The van der Waals surface area contributed by atoms with E-state index >= 15 is 0 Å². The Morgan fingerprint density at radius 2 is 1.34 bits per heavy atom. The molecule has 0 saturated carbocycles. The summed E-state index contributed by atoms with van der Waals surface area (Å²) in [5.74, 6) is -5.64. The third kappa shape index (κ3) is 11.5. The number of aliphatic carboxylic acids is 1. The van der Waals surface area contributed by atoms with Crippen LogP contribution in [0.1, 0.15) is 39.5 Å². The van der Waals surface area contributed by atoms with E-state index in [2.05, 4.69) is 28.6 Å². The van der Waals surface area contributed by atoms with Crippen molar-refractivity contribution in [2.45, 2.75) is 63.7 Å². The van der Waals surface area contributed by atoms with Crippen LogP contribution >= 0.6 is 12.6 Å². The first-order valence-electron chi connectivity index (χ1n) is 9.85. The lowest BCUT2D eigenvalue weighted by Crippen LogP contribution is -2.58. The number of nitrogens with two attached hydrogens (primary N) is 3. The van der Waals surface area contributed by atoms with E-state index in [1.807, 2.05) is 13.8 Å². The van der Waals surface area contributed by atoms with Gasteiger partial charge < -0.3 is 38.3 Å². The SMILES string of the molecule is CC(C)CC(N)C(=O)NC(CCC(N)=O)C(=O)NC(CS)C(=O)NC(CC(N)=O)C(=O)O. The lowest BCUT2D eigenvalue weighted by Gasteiger charge is -2.24. The summed E-state index contributed by atoms with van der Waals surface area (Å²) >= 11 is 3.97. The average molecular weight is 477 g/mol. The Bertz CT molecular complexity index is 718. The van der Waals surface area contributed by atoms with Gasteiger partial charge in [-0.15, -0.1) is 0 Å². The van der Waals surface area contributed by atoms with E-state index in [-0.39, 0.29) is 24.5 Å². The van der Waals surface area contributed by atoms with Crippen LogP contribution in [0.15, 0.2) is 0 Å². The summed E-state index contributed by atoms with van der Waals surface area (Å²) in [5.41, 5.74) is 15.9. The molecule has 10 N–H and O–H groups in total. The number of primary amides is 2. The summed E-state index contributed by atoms with van der Waals surface area (Å²) in [6.45, 7) is 3.73. The molecule has 0 aliphatic rings. The van der Waals surface area contributed by atoms with Crippen molar-refractivity contribution in [3.05, 3.63) is 0 Å². The monoisotopic (exact) mass is 476 g/mol. The standard InChI is InChI=1S/C18H32N6O7S/c1-8(2)5-9(19)15(27)22-10(3-4-13(20)25)16(28)24-12(7-32)17(29)23-11(18(30)31)6-14(21)26/h8-12,32H,3-7,19H2,1-2H3,(H2,20,25)(H2,21,26)(H,22,27)(H,23,29)(H,24,28)(H,30,31). The molecule has 0 aliphatic carbocycles. The smallest absolute Gasteiger partial charge is 0.326 e. The Balaban J connectivity index is 5.32. The minimum Gasteiger partial charge on any atom is -0.480 e. The highest BCUT2D eigenvalue weighted by atomic mass is 32.1. The molecule has 0 heterocycles. The van der Waals surface area contributed by atoms with Gasteiger partial charge in [0.25, 0.3) is 0 Å². The van der Waals surface area contributed by atoms with Crippen molar-refractivity contribution in [3.8, 4) is 0 Å². The zero-order valence-corrected chi connectivity index (χ0v) is 18.9. The molecule has 0 saturated heterocycles. The Labute approximate surface area is 191 Å². The maximum absolute atomic E-state index is 12.7. The van der Waals surface area contributed by atoms with Crippen LogP contribution in [0.5, 0.6) is 0 Å². The summed E-state index contributed by atoms with van der Waals surface area (Å²) < 4.78 is 0. The van der Waals surface area contributed by atoms with Crippen LogP contribution in [0.2, 0.25) is 0 Å². The normalized spacial score (nSPS) is 14.5. The maximum Gasteiger partial charge on any atom is 0.326 e. The van der Waals surface area contributed by atoms with Crippen LogP contribution in [0.3, 0.4) is 0 Å². The first-order valence-corrected chi connectivity index (χ1v) is 10.5. The lowest BCUT2D eigenvalue weighted by atomic mass is 10.0. The van der Waals surface area contributed by atoms with E-state index in [0.717, 1.165) is 0 Å². The van der Waals surface area contributed by atoms with Gasteiger partial charge in [0.1, 0.15) is 18.1 Å². The van der Waals surface area contributed by atoms with E-state index in [1.165, 1.54) is 0 Å². The second kappa shape index (κ2) is 14.2. The fourth-order valence-electron chi connectivity index (χ4n) is 2.59. The third-order valence-corrected chi connectivity index (χ3v) is 4.58. The molecule has 0 radical (unpaired) electrons. The quantitative estimate of drug-likeness (QED) is 0.113. The first-order chi connectivity index (χ1) is 14.8. The van der Waals surface area contributed by atoms with Gasteiger partial charge in [0.15, 0.2) is 0 Å². The molecule has 0 fully saturated rings. The topological polar surface area (TPSA) is 237 Å². The zero-order valence-electron chi connectivity index (χ0n) is 18.0.